The Morgan fingerprint density at radius 3 is 2.33 bits per heavy atom. The molecule has 1 aliphatic heterocycles. The van der Waals surface area contributed by atoms with Gasteiger partial charge < -0.3 is 10.1 Å². The standard InChI is InChI=1S/C21H26N2O4/c1-27-16-10-8-15(9-11-16)5-4-13-22-19(24)12-14-23-20(25)17-6-2-3-7-18(17)21(23)26/h2-3,8-11,17-18H,4-7,12-14H2,1H3,(H,22,24)/t17-,18-/m0/s1. The van der Waals surface area contributed by atoms with Crippen LogP contribution in [0, 0.1) is 11.8 Å². The number of imide groups is 1. The summed E-state index contributed by atoms with van der Waals surface area (Å²) in [5.41, 5.74) is 1.19. The summed E-state index contributed by atoms with van der Waals surface area (Å²) >= 11 is 0. The third-order valence-corrected chi connectivity index (χ3v) is 5.28. The Morgan fingerprint density at radius 1 is 1.11 bits per heavy atom. The maximum Gasteiger partial charge on any atom is 0.233 e. The molecule has 0 aromatic heterocycles. The number of allylic oxidation sites excluding steroid dienone is 2. The monoisotopic (exact) mass is 370 g/mol. The molecule has 1 saturated heterocycles. The van der Waals surface area contributed by atoms with Crippen LogP contribution in [-0.4, -0.2) is 42.8 Å². The van der Waals surface area contributed by atoms with Crippen molar-refractivity contribution in [3.8, 4) is 5.75 Å². The minimum Gasteiger partial charge on any atom is -0.497 e. The summed E-state index contributed by atoms with van der Waals surface area (Å²) in [5.74, 6) is 0.000407. The lowest BCUT2D eigenvalue weighted by Crippen LogP contribution is -2.35. The Hall–Kier alpha value is -2.63. The van der Waals surface area contributed by atoms with E-state index in [2.05, 4.69) is 5.32 Å². The normalized spacial score (nSPS) is 21.3. The van der Waals surface area contributed by atoms with Crippen molar-refractivity contribution in [1.29, 1.82) is 0 Å². The highest BCUT2D eigenvalue weighted by molar-refractivity contribution is 6.05. The fourth-order valence-electron chi connectivity index (χ4n) is 3.70. The molecule has 2 aliphatic rings. The van der Waals surface area contributed by atoms with E-state index in [0.717, 1.165) is 18.6 Å². The molecule has 1 fully saturated rings. The first kappa shape index (κ1) is 19.1. The lowest BCUT2D eigenvalue weighted by atomic mass is 9.85. The van der Waals surface area contributed by atoms with Crippen LogP contribution >= 0.6 is 0 Å². The van der Waals surface area contributed by atoms with E-state index in [-0.39, 0.29) is 42.5 Å². The number of carbonyl (C=O) groups is 3. The first-order valence-corrected chi connectivity index (χ1v) is 9.50. The van der Waals surface area contributed by atoms with Gasteiger partial charge in [0.2, 0.25) is 17.7 Å². The van der Waals surface area contributed by atoms with Gasteiger partial charge in [-0.25, -0.2) is 0 Å². The van der Waals surface area contributed by atoms with Crippen LogP contribution in [-0.2, 0) is 20.8 Å². The van der Waals surface area contributed by atoms with Gasteiger partial charge >= 0.3 is 0 Å². The van der Waals surface area contributed by atoms with Gasteiger partial charge in [-0.15, -0.1) is 0 Å². The highest BCUT2D eigenvalue weighted by Gasteiger charge is 2.46. The van der Waals surface area contributed by atoms with Crippen LogP contribution in [0.4, 0.5) is 0 Å². The first-order valence-electron chi connectivity index (χ1n) is 9.50. The van der Waals surface area contributed by atoms with Crippen LogP contribution in [0.15, 0.2) is 36.4 Å². The highest BCUT2D eigenvalue weighted by atomic mass is 16.5. The summed E-state index contributed by atoms with van der Waals surface area (Å²) in [6, 6.07) is 7.87. The van der Waals surface area contributed by atoms with E-state index in [1.54, 1.807) is 7.11 Å². The molecule has 1 aliphatic carbocycles. The van der Waals surface area contributed by atoms with Crippen molar-refractivity contribution in [3.63, 3.8) is 0 Å². The van der Waals surface area contributed by atoms with Gasteiger partial charge in [0, 0.05) is 19.5 Å². The topological polar surface area (TPSA) is 75.7 Å². The lowest BCUT2D eigenvalue weighted by molar-refractivity contribution is -0.140. The van der Waals surface area contributed by atoms with Gasteiger partial charge in [0.25, 0.3) is 0 Å². The average molecular weight is 370 g/mol. The van der Waals surface area contributed by atoms with E-state index in [1.807, 2.05) is 36.4 Å². The van der Waals surface area contributed by atoms with Crippen LogP contribution in [0.5, 0.6) is 5.75 Å². The van der Waals surface area contributed by atoms with Crippen molar-refractivity contribution in [2.75, 3.05) is 20.2 Å². The number of likely N-dealkylation sites (tertiary alicyclic amines) is 1. The molecule has 1 heterocycles. The average Bonchev–Trinajstić information content (AvgIpc) is 2.94. The van der Waals surface area contributed by atoms with Crippen molar-refractivity contribution in [1.82, 2.24) is 10.2 Å². The number of nitrogens with one attached hydrogen (secondary N) is 1. The number of methoxy groups -OCH3 is 1. The van der Waals surface area contributed by atoms with Crippen molar-refractivity contribution < 1.29 is 19.1 Å². The number of hydrogen-bond acceptors (Lipinski definition) is 4. The molecule has 0 spiro atoms. The number of aryl methyl sites for hydroxylation is 1. The van der Waals surface area contributed by atoms with Crippen LogP contribution in [0.1, 0.15) is 31.2 Å². The Morgan fingerprint density at radius 2 is 1.74 bits per heavy atom. The Labute approximate surface area is 159 Å². The Kier molecular flexibility index (Phi) is 6.27. The maximum atomic E-state index is 12.4. The molecule has 27 heavy (non-hydrogen) atoms. The maximum absolute atomic E-state index is 12.4. The number of benzene rings is 1. The number of amides is 3. The van der Waals surface area contributed by atoms with Crippen LogP contribution < -0.4 is 10.1 Å². The molecule has 0 unspecified atom stereocenters. The van der Waals surface area contributed by atoms with Gasteiger partial charge in [-0.1, -0.05) is 24.3 Å². The molecule has 144 valence electrons. The van der Waals surface area contributed by atoms with Gasteiger partial charge in [0.05, 0.1) is 18.9 Å². The molecule has 6 nitrogen and oxygen atoms in total. The number of nitrogens with zero attached hydrogens (tertiary/aromatic N) is 1. The third kappa shape index (κ3) is 4.56. The van der Waals surface area contributed by atoms with E-state index in [1.165, 1.54) is 10.5 Å². The summed E-state index contributed by atoms with van der Waals surface area (Å²) in [6.45, 7) is 0.747. The van der Waals surface area contributed by atoms with E-state index in [9.17, 15) is 14.4 Å². The van der Waals surface area contributed by atoms with Crippen molar-refractivity contribution in [2.45, 2.75) is 32.1 Å². The Balaban J connectivity index is 1.36. The van der Waals surface area contributed by atoms with E-state index < -0.39 is 0 Å². The lowest BCUT2D eigenvalue weighted by Gasteiger charge is -2.14. The number of rotatable bonds is 8. The van der Waals surface area contributed by atoms with E-state index in [4.69, 9.17) is 4.74 Å². The number of ether oxygens (including phenoxy) is 1. The summed E-state index contributed by atoms with van der Waals surface area (Å²) in [6.07, 6.45) is 7.04. The molecule has 2 atom stereocenters. The molecule has 6 heteroatoms. The van der Waals surface area contributed by atoms with Gasteiger partial charge in [-0.05, 0) is 43.4 Å². The second-order valence-electron chi connectivity index (χ2n) is 7.04. The summed E-state index contributed by atoms with van der Waals surface area (Å²) < 4.78 is 5.13. The third-order valence-electron chi connectivity index (χ3n) is 5.28. The van der Waals surface area contributed by atoms with Gasteiger partial charge in [-0.2, -0.15) is 0 Å². The molecule has 0 saturated carbocycles. The molecule has 0 radical (unpaired) electrons. The molecular weight excluding hydrogens is 344 g/mol. The molecule has 3 amide bonds. The molecule has 0 bridgehead atoms. The zero-order valence-electron chi connectivity index (χ0n) is 15.6. The van der Waals surface area contributed by atoms with Gasteiger partial charge in [-0.3, -0.25) is 19.3 Å². The summed E-state index contributed by atoms with van der Waals surface area (Å²) in [7, 11) is 1.64. The van der Waals surface area contributed by atoms with Crippen LogP contribution in [0.25, 0.3) is 0 Å². The highest BCUT2D eigenvalue weighted by Crippen LogP contribution is 2.34. The number of hydrogen-bond donors (Lipinski definition) is 1. The quantitative estimate of drug-likeness (QED) is 0.432. The SMILES string of the molecule is COc1ccc(CCCNC(=O)CCN2C(=O)[C@H]3CC=CC[C@@H]3C2=O)cc1. The van der Waals surface area contributed by atoms with E-state index >= 15 is 0 Å². The largest absolute Gasteiger partial charge is 0.497 e. The van der Waals surface area contributed by atoms with E-state index in [0.29, 0.717) is 19.4 Å². The van der Waals surface area contributed by atoms with Gasteiger partial charge in [0.15, 0.2) is 0 Å². The fraction of sp³-hybridized carbons (Fsp3) is 0.476. The second-order valence-corrected chi connectivity index (χ2v) is 7.04. The fourth-order valence-corrected chi connectivity index (χ4v) is 3.70. The van der Waals surface area contributed by atoms with Crippen molar-refractivity contribution in [2.24, 2.45) is 11.8 Å². The zero-order valence-corrected chi connectivity index (χ0v) is 15.6. The minimum atomic E-state index is -0.227. The summed E-state index contributed by atoms with van der Waals surface area (Å²) in [4.78, 5) is 38.0. The first-order chi connectivity index (χ1) is 13.1. The predicted octanol–water partition coefficient (Wildman–Crippen LogP) is 2.09. The molecule has 1 N–H and O–H groups in total. The number of carbonyl (C=O) groups excluding carboxylic acids is 3. The smallest absolute Gasteiger partial charge is 0.233 e. The van der Waals surface area contributed by atoms with Crippen molar-refractivity contribution >= 4 is 17.7 Å². The van der Waals surface area contributed by atoms with Crippen LogP contribution in [0.2, 0.25) is 0 Å². The van der Waals surface area contributed by atoms with Crippen molar-refractivity contribution in [3.05, 3.63) is 42.0 Å². The summed E-state index contributed by atoms with van der Waals surface area (Å²) in [5, 5.41) is 2.87. The molecule has 1 aromatic rings. The zero-order chi connectivity index (χ0) is 19.2. The molecular formula is C21H26N2O4. The second kappa shape index (κ2) is 8.84. The van der Waals surface area contributed by atoms with Gasteiger partial charge in [0.1, 0.15) is 5.75 Å². The molecule has 3 rings (SSSR count). The minimum absolute atomic E-state index is 0.123. The molecule has 1 aromatic carbocycles. The Bertz CT molecular complexity index is 700. The predicted molar refractivity (Wildman–Crippen MR) is 101 cm³/mol. The number of fused-ring (bicyclic) bond motifs is 1. The van der Waals surface area contributed by atoms with Crippen LogP contribution in [0.3, 0.4) is 0 Å².